The Morgan fingerprint density at radius 2 is 1.57 bits per heavy atom. The molecule has 0 aliphatic rings. The van der Waals surface area contributed by atoms with Crippen molar-refractivity contribution in [2.24, 2.45) is 0 Å². The lowest BCUT2D eigenvalue weighted by molar-refractivity contribution is -0.258. The summed E-state index contributed by atoms with van der Waals surface area (Å²) in [5, 5.41) is -4.27. The van der Waals surface area contributed by atoms with Gasteiger partial charge in [-0.15, -0.1) is 0 Å². The number of hydrogen-bond donors (Lipinski definition) is 0. The Hall–Kier alpha value is -0.120. The predicted molar refractivity (Wildman–Crippen MR) is 37.5 cm³/mol. The first kappa shape index (κ1) is 13.9. The van der Waals surface area contributed by atoms with Crippen LogP contribution in [-0.4, -0.2) is 31.8 Å². The molecular weight excluding hydrogens is 235 g/mol. The number of alkyl halides is 5. The van der Waals surface area contributed by atoms with Gasteiger partial charge in [0.15, 0.2) is 0 Å². The third-order valence-corrected chi connectivity index (χ3v) is 1.69. The molecule has 0 saturated carbocycles. The van der Waals surface area contributed by atoms with Crippen molar-refractivity contribution in [3.05, 3.63) is 0 Å². The van der Waals surface area contributed by atoms with Gasteiger partial charge >= 0.3 is 11.4 Å². The largest absolute Gasteiger partial charge is 0.421 e. The molecule has 86 valence electrons. The summed E-state index contributed by atoms with van der Waals surface area (Å²) >= 11 is -0.762. The molecule has 0 saturated heterocycles. The van der Waals surface area contributed by atoms with Crippen molar-refractivity contribution in [3.8, 4) is 0 Å². The van der Waals surface area contributed by atoms with Crippen LogP contribution in [0.1, 0.15) is 0 Å². The molecular formula is C5H7F5O3S. The van der Waals surface area contributed by atoms with Crippen molar-refractivity contribution < 1.29 is 35.9 Å². The van der Waals surface area contributed by atoms with Gasteiger partial charge in [-0.25, -0.2) is 4.89 Å². The molecule has 0 aliphatic heterocycles. The van der Waals surface area contributed by atoms with Crippen LogP contribution in [0, 0.1) is 0 Å². The van der Waals surface area contributed by atoms with E-state index in [0.717, 1.165) is 7.11 Å². The fourth-order valence-corrected chi connectivity index (χ4v) is 1.06. The smallest absolute Gasteiger partial charge is 0.366 e. The molecule has 0 heterocycles. The monoisotopic (exact) mass is 242 g/mol. The van der Waals surface area contributed by atoms with E-state index in [-0.39, 0.29) is 0 Å². The second-order valence-electron chi connectivity index (χ2n) is 2.04. The molecule has 0 amide bonds. The molecule has 3 nitrogen and oxygen atoms in total. The van der Waals surface area contributed by atoms with E-state index in [0.29, 0.717) is 7.11 Å². The second-order valence-corrected chi connectivity index (χ2v) is 2.88. The first-order valence-electron chi connectivity index (χ1n) is 3.11. The molecule has 0 aromatic heterocycles. The molecule has 0 radical (unpaired) electrons. The van der Waals surface area contributed by atoms with E-state index in [1.165, 1.54) is 0 Å². The molecule has 0 aromatic carbocycles. The Kier molecular flexibility index (Phi) is 5.06. The van der Waals surface area contributed by atoms with Crippen LogP contribution in [0.5, 0.6) is 0 Å². The minimum absolute atomic E-state index is 0.527. The van der Waals surface area contributed by atoms with Gasteiger partial charge in [-0.05, 0) is 0 Å². The van der Waals surface area contributed by atoms with Gasteiger partial charge in [0.25, 0.3) is 0 Å². The van der Waals surface area contributed by atoms with Crippen LogP contribution in [0.15, 0.2) is 0 Å². The van der Waals surface area contributed by atoms with E-state index < -0.39 is 29.6 Å². The second kappa shape index (κ2) is 5.10. The van der Waals surface area contributed by atoms with Crippen molar-refractivity contribution in [2.45, 2.75) is 17.5 Å². The van der Waals surface area contributed by atoms with E-state index in [1.807, 2.05) is 0 Å². The summed E-state index contributed by atoms with van der Waals surface area (Å²) in [5.41, 5.74) is 0. The summed E-state index contributed by atoms with van der Waals surface area (Å²) < 4.78 is 68.5. The molecule has 0 spiro atoms. The average Bonchev–Trinajstić information content (AvgIpc) is 1.98. The van der Waals surface area contributed by atoms with Crippen LogP contribution in [-0.2, 0) is 14.0 Å². The van der Waals surface area contributed by atoms with Gasteiger partial charge in [-0.2, -0.15) is 26.3 Å². The molecule has 9 heteroatoms. The number of halogens is 5. The minimum atomic E-state index is -5.18. The fourth-order valence-electron chi connectivity index (χ4n) is 0.584. The molecule has 0 rings (SSSR count). The van der Waals surface area contributed by atoms with Crippen LogP contribution in [0.4, 0.5) is 22.0 Å². The standard InChI is InChI=1S/C5H7F5O3S/c1-11-3(4(6,7)8)5(9,10)14-13-12-2/h3H,1-2H3. The summed E-state index contributed by atoms with van der Waals surface area (Å²) in [5.74, 6) is 0. The zero-order valence-corrected chi connectivity index (χ0v) is 7.92. The highest BCUT2D eigenvalue weighted by atomic mass is 32.2. The lowest BCUT2D eigenvalue weighted by Gasteiger charge is -2.25. The van der Waals surface area contributed by atoms with Crippen LogP contribution < -0.4 is 0 Å². The maximum atomic E-state index is 12.7. The molecule has 0 N–H and O–H groups in total. The average molecular weight is 242 g/mol. The number of rotatable bonds is 5. The highest BCUT2D eigenvalue weighted by molar-refractivity contribution is 7.95. The lowest BCUT2D eigenvalue weighted by atomic mass is 10.3. The first-order valence-corrected chi connectivity index (χ1v) is 3.85. The van der Waals surface area contributed by atoms with Crippen molar-refractivity contribution >= 4 is 12.0 Å². The van der Waals surface area contributed by atoms with Crippen molar-refractivity contribution in [1.29, 1.82) is 0 Å². The molecule has 14 heavy (non-hydrogen) atoms. The van der Waals surface area contributed by atoms with Crippen LogP contribution in [0.3, 0.4) is 0 Å². The molecule has 0 bridgehead atoms. The van der Waals surface area contributed by atoms with Gasteiger partial charge in [0.05, 0.1) is 7.11 Å². The summed E-state index contributed by atoms with van der Waals surface area (Å²) in [4.78, 5) is 3.75. The molecule has 0 aromatic rings. The Labute approximate surface area is 80.6 Å². The molecule has 0 fully saturated rings. The summed E-state index contributed by atoms with van der Waals surface area (Å²) in [6, 6.07) is 0. The quantitative estimate of drug-likeness (QED) is 0.320. The zero-order valence-electron chi connectivity index (χ0n) is 7.10. The lowest BCUT2D eigenvalue weighted by Crippen LogP contribution is -2.44. The summed E-state index contributed by atoms with van der Waals surface area (Å²) in [6.07, 6.45) is -8.42. The van der Waals surface area contributed by atoms with E-state index >= 15 is 0 Å². The highest BCUT2D eigenvalue weighted by Crippen LogP contribution is 2.42. The number of hydrogen-bond acceptors (Lipinski definition) is 4. The van der Waals surface area contributed by atoms with Crippen LogP contribution >= 0.6 is 12.0 Å². The number of ether oxygens (including phenoxy) is 1. The van der Waals surface area contributed by atoms with Gasteiger partial charge < -0.3 is 4.74 Å². The summed E-state index contributed by atoms with van der Waals surface area (Å²) in [6.45, 7) is 0. The van der Waals surface area contributed by atoms with Crippen LogP contribution in [0.2, 0.25) is 0 Å². The fraction of sp³-hybridized carbons (Fsp3) is 1.00. The predicted octanol–water partition coefficient (Wildman–Crippen LogP) is 2.38. The van der Waals surface area contributed by atoms with Gasteiger partial charge in [-0.3, -0.25) is 0 Å². The van der Waals surface area contributed by atoms with E-state index in [1.54, 1.807) is 0 Å². The minimum Gasteiger partial charge on any atom is -0.366 e. The van der Waals surface area contributed by atoms with E-state index in [9.17, 15) is 22.0 Å². The molecule has 1 atom stereocenters. The topological polar surface area (TPSA) is 27.7 Å². The zero-order chi connectivity index (χ0) is 11.4. The van der Waals surface area contributed by atoms with Crippen molar-refractivity contribution in [3.63, 3.8) is 0 Å². The van der Waals surface area contributed by atoms with E-state index in [4.69, 9.17) is 0 Å². The van der Waals surface area contributed by atoms with Gasteiger partial charge in [-0.1, -0.05) is 0 Å². The molecule has 1 unspecified atom stereocenters. The third kappa shape index (κ3) is 3.95. The van der Waals surface area contributed by atoms with E-state index in [2.05, 4.69) is 14.0 Å². The Bertz CT molecular complexity index is 173. The molecule has 0 aliphatic carbocycles. The van der Waals surface area contributed by atoms with Crippen LogP contribution in [0.25, 0.3) is 0 Å². The Balaban J connectivity index is 4.49. The first-order chi connectivity index (χ1) is 6.25. The van der Waals surface area contributed by atoms with Crippen molar-refractivity contribution in [2.75, 3.05) is 14.2 Å². The van der Waals surface area contributed by atoms with Gasteiger partial charge in [0.2, 0.25) is 6.10 Å². The third-order valence-electron chi connectivity index (χ3n) is 1.05. The van der Waals surface area contributed by atoms with Crippen molar-refractivity contribution in [1.82, 2.24) is 0 Å². The van der Waals surface area contributed by atoms with Gasteiger partial charge in [0, 0.05) is 7.11 Å². The Morgan fingerprint density at radius 3 is 1.86 bits per heavy atom. The maximum Gasteiger partial charge on any atom is 0.421 e. The maximum absolute atomic E-state index is 12.7. The highest BCUT2D eigenvalue weighted by Gasteiger charge is 2.58. The SMILES string of the molecule is COOSC(F)(F)C(OC)C(F)(F)F. The Morgan fingerprint density at radius 1 is 1.07 bits per heavy atom. The summed E-state index contributed by atoms with van der Waals surface area (Å²) in [7, 11) is 1.41. The normalized spacial score (nSPS) is 15.6. The van der Waals surface area contributed by atoms with Gasteiger partial charge in [0.1, 0.15) is 12.0 Å². The number of methoxy groups -OCH3 is 1.